The molecule has 2 rings (SSSR count). The van der Waals surface area contributed by atoms with Gasteiger partial charge in [-0.15, -0.1) is 0 Å². The van der Waals surface area contributed by atoms with E-state index in [2.05, 4.69) is 12.1 Å². The predicted octanol–water partition coefficient (Wildman–Crippen LogP) is 4.25. The Balaban J connectivity index is 1.69. The number of amides is 1. The van der Waals surface area contributed by atoms with Gasteiger partial charge in [0.15, 0.2) is 0 Å². The van der Waals surface area contributed by atoms with Crippen LogP contribution in [0.2, 0.25) is 5.02 Å². The third-order valence-corrected chi connectivity index (χ3v) is 3.91. The van der Waals surface area contributed by atoms with Gasteiger partial charge in [0.05, 0.1) is 12.3 Å². The van der Waals surface area contributed by atoms with Crippen LogP contribution in [0.1, 0.15) is 38.2 Å². The molecular formula is C17H23ClN2O3. The van der Waals surface area contributed by atoms with Crippen molar-refractivity contribution in [2.75, 3.05) is 19.7 Å². The van der Waals surface area contributed by atoms with Gasteiger partial charge >= 0.3 is 6.09 Å². The summed E-state index contributed by atoms with van der Waals surface area (Å²) in [5, 5.41) is 4.88. The molecule has 0 N–H and O–H groups in total. The molecule has 0 bridgehead atoms. The number of nitrogens with zero attached hydrogens (tertiary/aromatic N) is 2. The van der Waals surface area contributed by atoms with Gasteiger partial charge in [-0.05, 0) is 24.1 Å². The van der Waals surface area contributed by atoms with Crippen LogP contribution in [-0.4, -0.2) is 36.4 Å². The highest BCUT2D eigenvalue weighted by Crippen LogP contribution is 2.12. The number of rotatable bonds is 6. The summed E-state index contributed by atoms with van der Waals surface area (Å²) >= 11 is 5.84. The fourth-order valence-corrected chi connectivity index (χ4v) is 2.34. The lowest BCUT2D eigenvalue weighted by molar-refractivity contribution is 0.0986. The molecule has 1 heterocycles. The van der Waals surface area contributed by atoms with E-state index in [1.807, 2.05) is 24.3 Å². The van der Waals surface area contributed by atoms with Gasteiger partial charge in [0, 0.05) is 31.0 Å². The van der Waals surface area contributed by atoms with E-state index in [1.54, 1.807) is 4.90 Å². The smallest absolute Gasteiger partial charge is 0.409 e. The number of hydrogen-bond donors (Lipinski definition) is 0. The molecule has 1 saturated heterocycles. The summed E-state index contributed by atoms with van der Waals surface area (Å²) in [4.78, 5) is 18.9. The summed E-state index contributed by atoms with van der Waals surface area (Å²) in [7, 11) is 0. The molecular weight excluding hydrogens is 316 g/mol. The Labute approximate surface area is 142 Å². The number of hydrogen-bond acceptors (Lipinski definition) is 4. The van der Waals surface area contributed by atoms with E-state index in [9.17, 15) is 4.79 Å². The molecule has 0 aromatic heterocycles. The lowest BCUT2D eigenvalue weighted by atomic mass is 10.1. The maximum absolute atomic E-state index is 11.8. The monoisotopic (exact) mass is 338 g/mol. The number of likely N-dealkylation sites (tertiary alicyclic amines) is 1. The van der Waals surface area contributed by atoms with Gasteiger partial charge in [0.25, 0.3) is 0 Å². The van der Waals surface area contributed by atoms with Crippen LogP contribution < -0.4 is 0 Å². The maximum atomic E-state index is 11.8. The first-order valence-corrected chi connectivity index (χ1v) is 8.40. The second kappa shape index (κ2) is 9.40. The summed E-state index contributed by atoms with van der Waals surface area (Å²) in [6.07, 6.45) is 3.16. The summed E-state index contributed by atoms with van der Waals surface area (Å²) in [5.41, 5.74) is 2.01. The van der Waals surface area contributed by atoms with Gasteiger partial charge in [-0.3, -0.25) is 0 Å². The molecule has 1 aliphatic rings. The normalized spacial score (nSPS) is 14.5. The van der Waals surface area contributed by atoms with Crippen molar-refractivity contribution in [2.45, 2.75) is 39.2 Å². The van der Waals surface area contributed by atoms with Crippen molar-refractivity contribution in [1.82, 2.24) is 4.90 Å². The Hall–Kier alpha value is -1.75. The third-order valence-electron chi connectivity index (χ3n) is 3.66. The molecule has 6 heteroatoms. The number of oxime groups is 1. The molecule has 0 atom stereocenters. The van der Waals surface area contributed by atoms with Crippen LogP contribution in [0.3, 0.4) is 0 Å². The molecule has 1 aliphatic heterocycles. The van der Waals surface area contributed by atoms with Crippen molar-refractivity contribution in [3.63, 3.8) is 0 Å². The van der Waals surface area contributed by atoms with E-state index in [4.69, 9.17) is 21.2 Å². The van der Waals surface area contributed by atoms with Crippen LogP contribution >= 0.6 is 11.6 Å². The minimum Gasteiger partial charge on any atom is -0.449 e. The molecule has 1 aromatic carbocycles. The van der Waals surface area contributed by atoms with E-state index in [0.29, 0.717) is 31.3 Å². The van der Waals surface area contributed by atoms with Crippen molar-refractivity contribution >= 4 is 23.4 Å². The van der Waals surface area contributed by atoms with Gasteiger partial charge in [-0.1, -0.05) is 42.2 Å². The Morgan fingerprint density at radius 3 is 2.61 bits per heavy atom. The summed E-state index contributed by atoms with van der Waals surface area (Å²) < 4.78 is 5.21. The first-order valence-electron chi connectivity index (χ1n) is 8.03. The molecule has 23 heavy (non-hydrogen) atoms. The van der Waals surface area contributed by atoms with Crippen molar-refractivity contribution < 1.29 is 14.4 Å². The van der Waals surface area contributed by atoms with Crippen molar-refractivity contribution in [3.05, 3.63) is 34.9 Å². The van der Waals surface area contributed by atoms with Crippen LogP contribution in [0.15, 0.2) is 29.4 Å². The van der Waals surface area contributed by atoms with Gasteiger partial charge in [0.1, 0.15) is 6.61 Å². The van der Waals surface area contributed by atoms with E-state index in [0.717, 1.165) is 37.0 Å². The second-order valence-electron chi connectivity index (χ2n) is 5.51. The molecule has 0 unspecified atom stereocenters. The highest BCUT2D eigenvalue weighted by atomic mass is 35.5. The number of halogens is 1. The standard InChI is InChI=1S/C17H23ClN2O3/c1-2-3-12-22-17(21)20-10-8-16(9-11-20)19-23-13-14-4-6-15(18)7-5-14/h4-7H,2-3,8-13H2,1H3. The predicted molar refractivity (Wildman–Crippen MR) is 90.7 cm³/mol. The summed E-state index contributed by atoms with van der Waals surface area (Å²) in [5.74, 6) is 0. The zero-order chi connectivity index (χ0) is 16.5. The number of carbonyl (C=O) groups excluding carboxylic acids is 1. The molecule has 0 saturated carbocycles. The molecule has 126 valence electrons. The first-order chi connectivity index (χ1) is 11.2. The van der Waals surface area contributed by atoms with Crippen LogP contribution in [0, 0.1) is 0 Å². The number of ether oxygens (including phenoxy) is 1. The summed E-state index contributed by atoms with van der Waals surface area (Å²) in [6.45, 7) is 4.25. The van der Waals surface area contributed by atoms with E-state index >= 15 is 0 Å². The minimum atomic E-state index is -0.223. The molecule has 0 radical (unpaired) electrons. The Morgan fingerprint density at radius 1 is 1.26 bits per heavy atom. The highest BCUT2D eigenvalue weighted by molar-refractivity contribution is 6.30. The SMILES string of the molecule is CCCCOC(=O)N1CCC(=NOCc2ccc(Cl)cc2)CC1. The topological polar surface area (TPSA) is 51.1 Å². The zero-order valence-electron chi connectivity index (χ0n) is 13.5. The number of unbranched alkanes of at least 4 members (excludes halogenated alkanes) is 1. The Bertz CT molecular complexity index is 521. The Morgan fingerprint density at radius 2 is 1.96 bits per heavy atom. The molecule has 1 aromatic rings. The fourth-order valence-electron chi connectivity index (χ4n) is 2.21. The quantitative estimate of drug-likeness (QED) is 0.575. The third kappa shape index (κ3) is 6.10. The van der Waals surface area contributed by atoms with Crippen LogP contribution in [0.25, 0.3) is 0 Å². The van der Waals surface area contributed by atoms with E-state index in [1.165, 1.54) is 0 Å². The van der Waals surface area contributed by atoms with Crippen LogP contribution in [-0.2, 0) is 16.2 Å². The molecule has 1 fully saturated rings. The molecule has 5 nitrogen and oxygen atoms in total. The number of benzene rings is 1. The van der Waals surface area contributed by atoms with Gasteiger partial charge in [0.2, 0.25) is 0 Å². The Kier molecular flexibility index (Phi) is 7.20. The van der Waals surface area contributed by atoms with Gasteiger partial charge in [-0.25, -0.2) is 4.79 Å². The van der Waals surface area contributed by atoms with Crippen molar-refractivity contribution in [1.29, 1.82) is 0 Å². The number of piperidine rings is 1. The second-order valence-corrected chi connectivity index (χ2v) is 5.95. The average molecular weight is 339 g/mol. The molecule has 0 aliphatic carbocycles. The minimum absolute atomic E-state index is 0.223. The average Bonchev–Trinajstić information content (AvgIpc) is 2.57. The fraction of sp³-hybridized carbons (Fsp3) is 0.529. The number of carbonyl (C=O) groups is 1. The van der Waals surface area contributed by atoms with Gasteiger partial charge < -0.3 is 14.5 Å². The maximum Gasteiger partial charge on any atom is 0.409 e. The highest BCUT2D eigenvalue weighted by Gasteiger charge is 2.21. The lowest BCUT2D eigenvalue weighted by Crippen LogP contribution is -2.39. The van der Waals surface area contributed by atoms with Crippen molar-refractivity contribution in [3.8, 4) is 0 Å². The molecule has 1 amide bonds. The molecule has 0 spiro atoms. The van der Waals surface area contributed by atoms with Crippen molar-refractivity contribution in [2.24, 2.45) is 5.16 Å². The van der Waals surface area contributed by atoms with E-state index in [-0.39, 0.29) is 6.09 Å². The lowest BCUT2D eigenvalue weighted by Gasteiger charge is -2.26. The zero-order valence-corrected chi connectivity index (χ0v) is 14.2. The first kappa shape index (κ1) is 17.6. The van der Waals surface area contributed by atoms with Gasteiger partial charge in [-0.2, -0.15) is 0 Å². The largest absolute Gasteiger partial charge is 0.449 e. The summed E-state index contributed by atoms with van der Waals surface area (Å²) in [6, 6.07) is 7.49. The van der Waals surface area contributed by atoms with Crippen LogP contribution in [0.5, 0.6) is 0 Å². The van der Waals surface area contributed by atoms with E-state index < -0.39 is 0 Å². The van der Waals surface area contributed by atoms with Crippen LogP contribution in [0.4, 0.5) is 4.79 Å².